The highest BCUT2D eigenvalue weighted by atomic mass is 16.6. The van der Waals surface area contributed by atoms with E-state index < -0.39 is 4.92 Å². The molecular weight excluding hydrogens is 158 g/mol. The molecule has 1 aromatic heterocycles. The molecule has 5 nitrogen and oxygen atoms in total. The average Bonchev–Trinajstić information content (AvgIpc) is 2.04. The Morgan fingerprint density at radius 3 is 2.67 bits per heavy atom. The lowest BCUT2D eigenvalue weighted by Crippen LogP contribution is -2.10. The third-order valence-corrected chi connectivity index (χ3v) is 1.46. The highest BCUT2D eigenvalue weighted by Gasteiger charge is 2.13. The maximum absolute atomic E-state index is 10.5. The summed E-state index contributed by atoms with van der Waals surface area (Å²) in [7, 11) is 3.50. The van der Waals surface area contributed by atoms with Crippen molar-refractivity contribution in [2.75, 3.05) is 19.0 Å². The monoisotopic (exact) mass is 167 g/mol. The zero-order valence-corrected chi connectivity index (χ0v) is 6.89. The van der Waals surface area contributed by atoms with Gasteiger partial charge in [0.15, 0.2) is 0 Å². The third kappa shape index (κ3) is 1.50. The highest BCUT2D eigenvalue weighted by molar-refractivity contribution is 5.60. The molecule has 0 aromatic carbocycles. The standard InChI is InChI=1S/C7H9N3O2/c1-9(2)6-3-4-8-5-7(6)10(11)12/h3-5H,1-2H3. The molecule has 0 fully saturated rings. The Balaban J connectivity index is 3.17. The minimum absolute atomic E-state index is 0.0301. The number of nitrogens with zero attached hydrogens (tertiary/aromatic N) is 3. The molecule has 0 aliphatic heterocycles. The molecule has 0 aliphatic rings. The smallest absolute Gasteiger partial charge is 0.310 e. The van der Waals surface area contributed by atoms with Crippen LogP contribution in [-0.2, 0) is 0 Å². The molecule has 0 N–H and O–H groups in total. The molecule has 5 heteroatoms. The molecule has 0 aliphatic carbocycles. The van der Waals surface area contributed by atoms with Crippen LogP contribution in [0.25, 0.3) is 0 Å². The maximum Gasteiger partial charge on any atom is 0.310 e. The Bertz CT molecular complexity index is 298. The molecule has 1 heterocycles. The van der Waals surface area contributed by atoms with Gasteiger partial charge >= 0.3 is 5.69 Å². The van der Waals surface area contributed by atoms with Crippen molar-refractivity contribution in [3.05, 3.63) is 28.6 Å². The van der Waals surface area contributed by atoms with Gasteiger partial charge in [-0.15, -0.1) is 0 Å². The van der Waals surface area contributed by atoms with Crippen molar-refractivity contribution in [1.29, 1.82) is 0 Å². The van der Waals surface area contributed by atoms with Gasteiger partial charge in [-0.25, -0.2) is 0 Å². The second kappa shape index (κ2) is 3.17. The van der Waals surface area contributed by atoms with Crippen molar-refractivity contribution >= 4 is 11.4 Å². The SMILES string of the molecule is CN(C)c1ccncc1[N+](=O)[O-]. The van der Waals surface area contributed by atoms with Crippen molar-refractivity contribution in [1.82, 2.24) is 4.98 Å². The lowest BCUT2D eigenvalue weighted by molar-refractivity contribution is -0.384. The first kappa shape index (κ1) is 8.45. The summed E-state index contributed by atoms with van der Waals surface area (Å²) in [6.07, 6.45) is 2.78. The second-order valence-electron chi connectivity index (χ2n) is 2.52. The van der Waals surface area contributed by atoms with Gasteiger partial charge in [0.1, 0.15) is 11.9 Å². The van der Waals surface area contributed by atoms with E-state index in [4.69, 9.17) is 0 Å². The van der Waals surface area contributed by atoms with Gasteiger partial charge < -0.3 is 4.90 Å². The van der Waals surface area contributed by atoms with Crippen LogP contribution in [0.15, 0.2) is 18.5 Å². The average molecular weight is 167 g/mol. The number of hydrogen-bond acceptors (Lipinski definition) is 4. The molecule has 1 rings (SSSR count). The van der Waals surface area contributed by atoms with Crippen molar-refractivity contribution in [3.8, 4) is 0 Å². The van der Waals surface area contributed by atoms with Crippen LogP contribution < -0.4 is 4.90 Å². The number of anilines is 1. The first-order chi connectivity index (χ1) is 5.63. The zero-order valence-electron chi connectivity index (χ0n) is 6.89. The van der Waals surface area contributed by atoms with Crippen LogP contribution in [0.1, 0.15) is 0 Å². The lowest BCUT2D eigenvalue weighted by atomic mass is 10.3. The van der Waals surface area contributed by atoms with Crippen molar-refractivity contribution in [3.63, 3.8) is 0 Å². The van der Waals surface area contributed by atoms with Gasteiger partial charge in [-0.2, -0.15) is 0 Å². The molecule has 64 valence electrons. The van der Waals surface area contributed by atoms with Gasteiger partial charge in [0.05, 0.1) is 4.92 Å². The van der Waals surface area contributed by atoms with E-state index in [1.54, 1.807) is 25.1 Å². The van der Waals surface area contributed by atoms with E-state index in [0.717, 1.165) is 0 Å². The fourth-order valence-electron chi connectivity index (χ4n) is 0.898. The summed E-state index contributed by atoms with van der Waals surface area (Å²) in [5.41, 5.74) is 0.595. The maximum atomic E-state index is 10.5. The minimum Gasteiger partial charge on any atom is -0.372 e. The molecule has 1 aromatic rings. The van der Waals surface area contributed by atoms with Crippen molar-refractivity contribution in [2.24, 2.45) is 0 Å². The fourth-order valence-corrected chi connectivity index (χ4v) is 0.898. The Morgan fingerprint density at radius 1 is 1.58 bits per heavy atom. The van der Waals surface area contributed by atoms with E-state index in [9.17, 15) is 10.1 Å². The predicted molar refractivity (Wildman–Crippen MR) is 45.2 cm³/mol. The highest BCUT2D eigenvalue weighted by Crippen LogP contribution is 2.23. The Kier molecular flexibility index (Phi) is 2.23. The lowest BCUT2D eigenvalue weighted by Gasteiger charge is -2.10. The molecule has 0 bridgehead atoms. The molecule has 12 heavy (non-hydrogen) atoms. The van der Waals surface area contributed by atoms with Crippen LogP contribution in [0, 0.1) is 10.1 Å². The summed E-state index contributed by atoms with van der Waals surface area (Å²) < 4.78 is 0. The molecular formula is C7H9N3O2. The number of nitro groups is 1. The number of rotatable bonds is 2. The first-order valence-corrected chi connectivity index (χ1v) is 3.38. The van der Waals surface area contributed by atoms with E-state index >= 15 is 0 Å². The van der Waals surface area contributed by atoms with E-state index in [2.05, 4.69) is 4.98 Å². The van der Waals surface area contributed by atoms with Crippen LogP contribution in [0.3, 0.4) is 0 Å². The normalized spacial score (nSPS) is 9.50. The van der Waals surface area contributed by atoms with Crippen LogP contribution in [0.5, 0.6) is 0 Å². The largest absolute Gasteiger partial charge is 0.372 e. The molecule has 0 spiro atoms. The van der Waals surface area contributed by atoms with Crippen LogP contribution in [0.4, 0.5) is 11.4 Å². The summed E-state index contributed by atoms with van der Waals surface area (Å²) in [5.74, 6) is 0. The van der Waals surface area contributed by atoms with Crippen molar-refractivity contribution < 1.29 is 4.92 Å². The molecule has 0 saturated heterocycles. The number of pyridine rings is 1. The third-order valence-electron chi connectivity index (χ3n) is 1.46. The Morgan fingerprint density at radius 2 is 2.25 bits per heavy atom. The summed E-state index contributed by atoms with van der Waals surface area (Å²) in [6.45, 7) is 0. The van der Waals surface area contributed by atoms with E-state index in [0.29, 0.717) is 5.69 Å². The molecule has 0 amide bonds. The predicted octanol–water partition coefficient (Wildman–Crippen LogP) is 1.06. The number of hydrogen-bond donors (Lipinski definition) is 0. The minimum atomic E-state index is -0.442. The van der Waals surface area contributed by atoms with Gasteiger partial charge in [-0.3, -0.25) is 15.1 Å². The Labute approximate surface area is 69.8 Å². The second-order valence-corrected chi connectivity index (χ2v) is 2.52. The van der Waals surface area contributed by atoms with Crippen LogP contribution >= 0.6 is 0 Å². The summed E-state index contributed by atoms with van der Waals surface area (Å²) in [5, 5.41) is 10.5. The molecule has 0 saturated carbocycles. The molecule has 0 radical (unpaired) electrons. The van der Waals surface area contributed by atoms with E-state index in [-0.39, 0.29) is 5.69 Å². The van der Waals surface area contributed by atoms with E-state index in [1.165, 1.54) is 12.4 Å². The Hall–Kier alpha value is -1.65. The molecule has 0 atom stereocenters. The van der Waals surface area contributed by atoms with Gasteiger partial charge in [-0.1, -0.05) is 0 Å². The first-order valence-electron chi connectivity index (χ1n) is 3.38. The van der Waals surface area contributed by atoms with Crippen LogP contribution in [0.2, 0.25) is 0 Å². The fraction of sp³-hybridized carbons (Fsp3) is 0.286. The van der Waals surface area contributed by atoms with E-state index in [1.807, 2.05) is 0 Å². The van der Waals surface area contributed by atoms with Gasteiger partial charge in [0.2, 0.25) is 0 Å². The van der Waals surface area contributed by atoms with Gasteiger partial charge in [0.25, 0.3) is 0 Å². The van der Waals surface area contributed by atoms with Crippen LogP contribution in [-0.4, -0.2) is 24.0 Å². The van der Waals surface area contributed by atoms with Gasteiger partial charge in [0, 0.05) is 20.3 Å². The zero-order chi connectivity index (χ0) is 9.14. The number of aromatic nitrogens is 1. The van der Waals surface area contributed by atoms with Gasteiger partial charge in [-0.05, 0) is 6.07 Å². The molecule has 0 unspecified atom stereocenters. The quantitative estimate of drug-likeness (QED) is 0.488. The summed E-state index contributed by atoms with van der Waals surface area (Å²) in [4.78, 5) is 15.4. The summed E-state index contributed by atoms with van der Waals surface area (Å²) in [6, 6.07) is 1.61. The topological polar surface area (TPSA) is 59.3 Å². The van der Waals surface area contributed by atoms with Crippen molar-refractivity contribution in [2.45, 2.75) is 0 Å². The summed E-state index contributed by atoms with van der Waals surface area (Å²) >= 11 is 0.